The number of sulfonamides is 1. The van der Waals surface area contributed by atoms with Gasteiger partial charge in [-0.05, 0) is 55.3 Å². The Morgan fingerprint density at radius 2 is 1.86 bits per heavy atom. The van der Waals surface area contributed by atoms with Crippen molar-refractivity contribution in [3.63, 3.8) is 0 Å². The van der Waals surface area contributed by atoms with Crippen LogP contribution >= 0.6 is 34.5 Å². The lowest BCUT2D eigenvalue weighted by Crippen LogP contribution is -2.33. The molecule has 11 heteroatoms. The summed E-state index contributed by atoms with van der Waals surface area (Å²) in [6.45, 7) is 3.32. The maximum atomic E-state index is 13.6. The van der Waals surface area contributed by atoms with E-state index < -0.39 is 10.0 Å². The summed E-state index contributed by atoms with van der Waals surface area (Å²) in [5.74, 6) is 0.904. The lowest BCUT2D eigenvalue weighted by atomic mass is 10.2. The fraction of sp³-hybridized carbons (Fsp3) is 0.231. The van der Waals surface area contributed by atoms with Crippen molar-refractivity contribution in [2.45, 2.75) is 37.9 Å². The molecule has 0 aliphatic carbocycles. The van der Waals surface area contributed by atoms with E-state index in [0.717, 1.165) is 12.0 Å². The monoisotopic (exact) mass is 575 g/mol. The molecule has 0 N–H and O–H groups in total. The molecular formula is C26H23Cl2N3O4S2. The molecule has 4 aromatic rings. The summed E-state index contributed by atoms with van der Waals surface area (Å²) < 4.78 is 36.7. The standard InChI is InChI=1S/C26H23Cl2N3O4S2/c1-17-3-8-21(9-4-17)37(33,34)30(15-18-5-10-22(27)23(28)13-18)16-20-7-6-19(35-20)14-24-25(32)31-12-2-11-29-26(31)36-24/h3-10,13-14H,2,11-12,15-16H2,1H3/b24-14-. The summed E-state index contributed by atoms with van der Waals surface area (Å²) >= 11 is 13.6. The molecule has 1 aliphatic rings. The molecular weight excluding hydrogens is 553 g/mol. The normalized spacial score (nSPS) is 14.1. The Morgan fingerprint density at radius 3 is 2.59 bits per heavy atom. The van der Waals surface area contributed by atoms with Gasteiger partial charge in [-0.3, -0.25) is 14.4 Å². The summed E-state index contributed by atoms with van der Waals surface area (Å²) in [4.78, 5) is 18.0. The minimum absolute atomic E-state index is 0.0143. The Hall–Kier alpha value is -2.69. The van der Waals surface area contributed by atoms with E-state index in [-0.39, 0.29) is 23.5 Å². The molecule has 0 amide bonds. The van der Waals surface area contributed by atoms with Crippen LogP contribution in [0.25, 0.3) is 6.08 Å². The second kappa shape index (κ2) is 10.6. The highest BCUT2D eigenvalue weighted by Crippen LogP contribution is 2.26. The fourth-order valence-electron chi connectivity index (χ4n) is 4.01. The third-order valence-electron chi connectivity index (χ3n) is 5.96. The van der Waals surface area contributed by atoms with Crippen molar-refractivity contribution < 1.29 is 12.8 Å². The number of hydrogen-bond acceptors (Lipinski definition) is 6. The van der Waals surface area contributed by atoms with Gasteiger partial charge >= 0.3 is 0 Å². The van der Waals surface area contributed by atoms with Crippen LogP contribution in [0, 0.1) is 6.92 Å². The highest BCUT2D eigenvalue weighted by atomic mass is 35.5. The Morgan fingerprint density at radius 1 is 1.08 bits per heavy atom. The molecule has 0 spiro atoms. The van der Waals surface area contributed by atoms with E-state index in [1.165, 1.54) is 15.6 Å². The van der Waals surface area contributed by atoms with Gasteiger partial charge in [-0.15, -0.1) is 0 Å². The molecule has 1 aliphatic heterocycles. The van der Waals surface area contributed by atoms with Crippen LogP contribution in [-0.2, 0) is 29.7 Å². The number of thiazole rings is 1. The van der Waals surface area contributed by atoms with Crippen LogP contribution in [0.5, 0.6) is 0 Å². The van der Waals surface area contributed by atoms with Gasteiger partial charge in [0.25, 0.3) is 5.56 Å². The highest BCUT2D eigenvalue weighted by molar-refractivity contribution is 7.89. The maximum Gasteiger partial charge on any atom is 0.270 e. The summed E-state index contributed by atoms with van der Waals surface area (Å²) in [7, 11) is -3.87. The van der Waals surface area contributed by atoms with E-state index in [4.69, 9.17) is 27.6 Å². The smallest absolute Gasteiger partial charge is 0.270 e. The zero-order valence-electron chi connectivity index (χ0n) is 19.9. The summed E-state index contributed by atoms with van der Waals surface area (Å²) in [6.07, 6.45) is 2.52. The minimum atomic E-state index is -3.87. The van der Waals surface area contributed by atoms with E-state index >= 15 is 0 Å². The van der Waals surface area contributed by atoms with Crippen LogP contribution in [0.3, 0.4) is 0 Å². The first-order valence-corrected chi connectivity index (χ1v) is 14.6. The van der Waals surface area contributed by atoms with Gasteiger partial charge in [-0.1, -0.05) is 58.3 Å². The maximum absolute atomic E-state index is 13.6. The molecule has 37 heavy (non-hydrogen) atoms. The fourth-order valence-corrected chi connectivity index (χ4v) is 6.74. The number of halogens is 2. The van der Waals surface area contributed by atoms with Crippen molar-refractivity contribution in [2.75, 3.05) is 6.54 Å². The van der Waals surface area contributed by atoms with Gasteiger partial charge in [0.15, 0.2) is 4.80 Å². The molecule has 0 unspecified atom stereocenters. The van der Waals surface area contributed by atoms with Gasteiger partial charge in [-0.25, -0.2) is 8.42 Å². The van der Waals surface area contributed by atoms with Crippen LogP contribution in [0.2, 0.25) is 10.0 Å². The van der Waals surface area contributed by atoms with Crippen molar-refractivity contribution in [3.05, 3.63) is 107 Å². The average Bonchev–Trinajstić information content (AvgIpc) is 3.45. The second-order valence-electron chi connectivity index (χ2n) is 8.72. The Bertz CT molecular complexity index is 1740. The van der Waals surface area contributed by atoms with Gasteiger partial charge in [0.05, 0.1) is 26.0 Å². The van der Waals surface area contributed by atoms with E-state index in [1.54, 1.807) is 65.2 Å². The third-order valence-corrected chi connectivity index (χ3v) is 9.55. The van der Waals surface area contributed by atoms with Crippen molar-refractivity contribution in [2.24, 2.45) is 4.99 Å². The topological polar surface area (TPSA) is 84.9 Å². The van der Waals surface area contributed by atoms with Gasteiger partial charge in [0, 0.05) is 25.7 Å². The number of hydrogen-bond donors (Lipinski definition) is 0. The number of rotatable bonds is 7. The first-order valence-electron chi connectivity index (χ1n) is 11.6. The first kappa shape index (κ1) is 25.9. The molecule has 0 atom stereocenters. The quantitative estimate of drug-likeness (QED) is 0.327. The van der Waals surface area contributed by atoms with Crippen LogP contribution in [-0.4, -0.2) is 23.8 Å². The number of benzene rings is 2. The molecule has 5 rings (SSSR count). The molecule has 3 heterocycles. The summed E-state index contributed by atoms with van der Waals surface area (Å²) in [6, 6.07) is 15.2. The zero-order valence-corrected chi connectivity index (χ0v) is 23.0. The van der Waals surface area contributed by atoms with E-state index in [1.807, 2.05) is 6.92 Å². The predicted molar refractivity (Wildman–Crippen MR) is 145 cm³/mol. The van der Waals surface area contributed by atoms with Gasteiger partial charge < -0.3 is 4.42 Å². The largest absolute Gasteiger partial charge is 0.460 e. The van der Waals surface area contributed by atoms with Crippen LogP contribution in [0.1, 0.15) is 29.1 Å². The minimum Gasteiger partial charge on any atom is -0.460 e. The summed E-state index contributed by atoms with van der Waals surface area (Å²) in [5.41, 5.74) is 1.55. The van der Waals surface area contributed by atoms with Crippen molar-refractivity contribution in [1.82, 2.24) is 8.87 Å². The molecule has 0 bridgehead atoms. The lowest BCUT2D eigenvalue weighted by molar-refractivity contribution is 0.357. The molecule has 0 radical (unpaired) electrons. The average molecular weight is 577 g/mol. The molecule has 0 saturated heterocycles. The Kier molecular flexibility index (Phi) is 7.42. The van der Waals surface area contributed by atoms with Gasteiger partial charge in [0.2, 0.25) is 10.0 Å². The van der Waals surface area contributed by atoms with E-state index in [9.17, 15) is 13.2 Å². The van der Waals surface area contributed by atoms with Crippen LogP contribution in [0.4, 0.5) is 0 Å². The third kappa shape index (κ3) is 5.61. The Labute approximate surface area is 228 Å². The van der Waals surface area contributed by atoms with E-state index in [0.29, 0.717) is 49.6 Å². The Balaban J connectivity index is 1.47. The van der Waals surface area contributed by atoms with Crippen molar-refractivity contribution in [3.8, 4) is 0 Å². The first-order chi connectivity index (χ1) is 17.7. The van der Waals surface area contributed by atoms with Crippen LogP contribution < -0.4 is 14.9 Å². The highest BCUT2D eigenvalue weighted by Gasteiger charge is 2.26. The molecule has 192 valence electrons. The predicted octanol–water partition coefficient (Wildman–Crippen LogP) is 4.36. The number of furan rings is 1. The zero-order chi connectivity index (χ0) is 26.2. The van der Waals surface area contributed by atoms with Crippen molar-refractivity contribution in [1.29, 1.82) is 0 Å². The number of aryl methyl sites for hydroxylation is 1. The number of fused-ring (bicyclic) bond motifs is 1. The number of nitrogens with zero attached hydrogens (tertiary/aromatic N) is 3. The molecule has 0 fully saturated rings. The lowest BCUT2D eigenvalue weighted by Gasteiger charge is -2.22. The van der Waals surface area contributed by atoms with Gasteiger partial charge in [-0.2, -0.15) is 4.31 Å². The SMILES string of the molecule is Cc1ccc(S(=O)(=O)N(Cc2ccc(Cl)c(Cl)c2)Cc2ccc(/C=c3\sc4n(c3=O)CCCN=4)o2)cc1. The van der Waals surface area contributed by atoms with Crippen molar-refractivity contribution >= 4 is 50.6 Å². The summed E-state index contributed by atoms with van der Waals surface area (Å²) in [5, 5.41) is 0.738. The molecule has 0 saturated carbocycles. The molecule has 2 aromatic heterocycles. The molecule has 7 nitrogen and oxygen atoms in total. The number of aromatic nitrogens is 1. The van der Waals surface area contributed by atoms with E-state index in [2.05, 4.69) is 4.99 Å². The van der Waals surface area contributed by atoms with Gasteiger partial charge in [0.1, 0.15) is 11.5 Å². The second-order valence-corrected chi connectivity index (χ2v) is 12.5. The van der Waals surface area contributed by atoms with Crippen LogP contribution in [0.15, 0.2) is 73.7 Å². The molecule has 2 aromatic carbocycles.